The zero-order chi connectivity index (χ0) is 21.2. The van der Waals surface area contributed by atoms with Gasteiger partial charge in [0.15, 0.2) is 16.7 Å². The van der Waals surface area contributed by atoms with Gasteiger partial charge in [0.2, 0.25) is 5.91 Å². The fourth-order valence-electron chi connectivity index (χ4n) is 3.64. The number of carbonyl (C=O) groups excluding carboxylic acids is 2. The van der Waals surface area contributed by atoms with Gasteiger partial charge in [-0.3, -0.25) is 19.4 Å². The molecule has 160 valence electrons. The van der Waals surface area contributed by atoms with Crippen LogP contribution in [0.4, 0.5) is 10.8 Å². The number of ketones is 1. The Morgan fingerprint density at radius 2 is 1.87 bits per heavy atom. The zero-order valence-electron chi connectivity index (χ0n) is 17.0. The van der Waals surface area contributed by atoms with Crippen LogP contribution in [0.25, 0.3) is 11.5 Å². The summed E-state index contributed by atoms with van der Waals surface area (Å²) in [5, 5.41) is 0.486. The van der Waals surface area contributed by atoms with Crippen molar-refractivity contribution in [3.63, 3.8) is 0 Å². The molecule has 0 atom stereocenters. The van der Waals surface area contributed by atoms with Gasteiger partial charge in [-0.05, 0) is 37.1 Å². The Morgan fingerprint density at radius 1 is 1.10 bits per heavy atom. The average Bonchev–Trinajstić information content (AvgIpc) is 3.33. The average molecular weight is 438 g/mol. The molecule has 8 heteroatoms. The fraction of sp³-hybridized carbons (Fsp3) is 0.348. The van der Waals surface area contributed by atoms with Gasteiger partial charge in [0.1, 0.15) is 10.6 Å². The number of anilines is 2. The number of hydrogen-bond donors (Lipinski definition) is 0. The molecule has 1 aromatic carbocycles. The highest BCUT2D eigenvalue weighted by Crippen LogP contribution is 2.41. The van der Waals surface area contributed by atoms with Crippen molar-refractivity contribution < 1.29 is 18.7 Å². The third kappa shape index (κ3) is 4.32. The van der Waals surface area contributed by atoms with E-state index in [4.69, 9.17) is 14.1 Å². The minimum atomic E-state index is -0.0849. The first kappa shape index (κ1) is 20.1. The highest BCUT2D eigenvalue weighted by molar-refractivity contribution is 7.18. The first-order valence-corrected chi connectivity index (χ1v) is 11.3. The molecule has 0 bridgehead atoms. The number of aromatic nitrogens is 1. The van der Waals surface area contributed by atoms with E-state index in [2.05, 4.69) is 4.90 Å². The predicted octanol–water partition coefficient (Wildman–Crippen LogP) is 3.99. The van der Waals surface area contributed by atoms with Crippen LogP contribution in [-0.4, -0.2) is 54.4 Å². The van der Waals surface area contributed by atoms with Crippen molar-refractivity contribution in [1.29, 1.82) is 0 Å². The predicted molar refractivity (Wildman–Crippen MR) is 118 cm³/mol. The minimum Gasteiger partial charge on any atom is -0.463 e. The number of ether oxygens (including phenoxy) is 1. The van der Waals surface area contributed by atoms with E-state index in [9.17, 15) is 9.59 Å². The number of amides is 1. The van der Waals surface area contributed by atoms with Gasteiger partial charge in [-0.15, -0.1) is 0 Å². The topological polar surface area (TPSA) is 75.9 Å². The Balaban J connectivity index is 1.53. The van der Waals surface area contributed by atoms with E-state index in [-0.39, 0.29) is 24.2 Å². The van der Waals surface area contributed by atoms with Gasteiger partial charge in [0.25, 0.3) is 0 Å². The molecule has 2 aromatic heterocycles. The molecule has 31 heavy (non-hydrogen) atoms. The van der Waals surface area contributed by atoms with Crippen LogP contribution in [-0.2, 0) is 9.53 Å². The molecule has 0 unspecified atom stereocenters. The molecule has 1 saturated heterocycles. The van der Waals surface area contributed by atoms with Gasteiger partial charge in [-0.1, -0.05) is 29.5 Å². The van der Waals surface area contributed by atoms with Gasteiger partial charge in [-0.2, -0.15) is 0 Å². The second-order valence-electron chi connectivity index (χ2n) is 7.74. The van der Waals surface area contributed by atoms with Gasteiger partial charge >= 0.3 is 0 Å². The Kier molecular flexibility index (Phi) is 5.67. The summed E-state index contributed by atoms with van der Waals surface area (Å²) in [4.78, 5) is 35.4. The lowest BCUT2D eigenvalue weighted by molar-refractivity contribution is -0.120. The number of para-hydroxylation sites is 1. The van der Waals surface area contributed by atoms with E-state index in [1.54, 1.807) is 23.3 Å². The molecule has 1 saturated carbocycles. The highest BCUT2D eigenvalue weighted by Gasteiger charge is 2.36. The number of rotatable bonds is 7. The lowest BCUT2D eigenvalue weighted by Crippen LogP contribution is -2.43. The first-order valence-electron chi connectivity index (χ1n) is 10.5. The SMILES string of the molecule is O=C(c1sc(N(C(=O)CN2CCOCC2)c2ccccc2)nc1-c1ccco1)C1CC1. The molecule has 3 heterocycles. The number of nitrogens with zero attached hydrogens (tertiary/aromatic N) is 3. The highest BCUT2D eigenvalue weighted by atomic mass is 32.1. The number of thiazole rings is 1. The molecule has 1 aliphatic carbocycles. The molecular formula is C23H23N3O4S. The van der Waals surface area contributed by atoms with Gasteiger partial charge in [-0.25, -0.2) is 4.98 Å². The maximum atomic E-state index is 13.4. The van der Waals surface area contributed by atoms with Crippen molar-refractivity contribution >= 4 is 33.8 Å². The molecule has 0 spiro atoms. The molecule has 2 aliphatic rings. The standard InChI is InChI=1S/C23H23N3O4S/c27-19(15-25-10-13-29-14-11-25)26(17-5-2-1-3-6-17)23-24-20(18-7-4-12-30-18)22(31-23)21(28)16-8-9-16/h1-7,12,16H,8-11,13-15H2. The van der Waals surface area contributed by atoms with E-state index < -0.39 is 0 Å². The van der Waals surface area contributed by atoms with E-state index in [0.717, 1.165) is 31.6 Å². The molecular weight excluding hydrogens is 414 g/mol. The molecule has 1 amide bonds. The summed E-state index contributed by atoms with van der Waals surface area (Å²) in [6, 6.07) is 13.0. The molecule has 7 nitrogen and oxygen atoms in total. The van der Waals surface area contributed by atoms with Crippen LogP contribution in [0.1, 0.15) is 22.5 Å². The summed E-state index contributed by atoms with van der Waals surface area (Å²) >= 11 is 1.27. The van der Waals surface area contributed by atoms with E-state index in [0.29, 0.717) is 34.7 Å². The molecule has 2 fully saturated rings. The maximum absolute atomic E-state index is 13.4. The van der Waals surface area contributed by atoms with Crippen LogP contribution in [0, 0.1) is 5.92 Å². The van der Waals surface area contributed by atoms with Crippen molar-refractivity contribution in [3.8, 4) is 11.5 Å². The van der Waals surface area contributed by atoms with Crippen LogP contribution in [0.3, 0.4) is 0 Å². The third-order valence-corrected chi connectivity index (χ3v) is 6.52. The normalized spacial score (nSPS) is 16.9. The Hall–Kier alpha value is -2.81. The Labute approximate surface area is 184 Å². The number of furan rings is 1. The second kappa shape index (κ2) is 8.74. The number of morpholine rings is 1. The summed E-state index contributed by atoms with van der Waals surface area (Å²) < 4.78 is 11.0. The van der Waals surface area contributed by atoms with Gasteiger partial charge < -0.3 is 9.15 Å². The van der Waals surface area contributed by atoms with Crippen molar-refractivity contribution in [2.45, 2.75) is 12.8 Å². The smallest absolute Gasteiger partial charge is 0.247 e. The Bertz CT molecular complexity index is 1050. The third-order valence-electron chi connectivity index (χ3n) is 5.46. The molecule has 0 N–H and O–H groups in total. The first-order chi connectivity index (χ1) is 15.2. The summed E-state index contributed by atoms with van der Waals surface area (Å²) in [6.45, 7) is 2.95. The molecule has 1 aliphatic heterocycles. The van der Waals surface area contributed by atoms with E-state index in [1.165, 1.54) is 11.3 Å². The van der Waals surface area contributed by atoms with Crippen LogP contribution in [0.15, 0.2) is 53.1 Å². The van der Waals surface area contributed by atoms with Gasteiger partial charge in [0, 0.05) is 19.0 Å². The van der Waals surface area contributed by atoms with Gasteiger partial charge in [0.05, 0.1) is 31.7 Å². The lowest BCUT2D eigenvalue weighted by atomic mass is 10.2. The molecule has 0 radical (unpaired) electrons. The summed E-state index contributed by atoms with van der Waals surface area (Å²) in [5.41, 5.74) is 1.24. The fourth-order valence-corrected chi connectivity index (χ4v) is 4.77. The largest absolute Gasteiger partial charge is 0.463 e. The van der Waals surface area contributed by atoms with Crippen molar-refractivity contribution in [2.75, 3.05) is 37.7 Å². The van der Waals surface area contributed by atoms with E-state index >= 15 is 0 Å². The van der Waals surface area contributed by atoms with Crippen LogP contribution in [0.2, 0.25) is 0 Å². The van der Waals surface area contributed by atoms with E-state index in [1.807, 2.05) is 30.3 Å². The van der Waals surface area contributed by atoms with Crippen molar-refractivity contribution in [2.24, 2.45) is 5.92 Å². The van der Waals surface area contributed by atoms with Crippen LogP contribution >= 0.6 is 11.3 Å². The van der Waals surface area contributed by atoms with Crippen molar-refractivity contribution in [1.82, 2.24) is 9.88 Å². The second-order valence-corrected chi connectivity index (χ2v) is 8.72. The maximum Gasteiger partial charge on any atom is 0.247 e. The molecule has 5 rings (SSSR count). The summed E-state index contributed by atoms with van der Waals surface area (Å²) in [6.07, 6.45) is 3.38. The summed E-state index contributed by atoms with van der Waals surface area (Å²) in [7, 11) is 0. The zero-order valence-corrected chi connectivity index (χ0v) is 17.8. The lowest BCUT2D eigenvalue weighted by Gasteiger charge is -2.28. The monoisotopic (exact) mass is 437 g/mol. The number of carbonyl (C=O) groups is 2. The van der Waals surface area contributed by atoms with Crippen molar-refractivity contribution in [3.05, 3.63) is 53.6 Å². The number of benzene rings is 1. The number of hydrogen-bond acceptors (Lipinski definition) is 7. The number of Topliss-reactive ketones (excluding diaryl/α,β-unsaturated/α-hetero) is 1. The van der Waals surface area contributed by atoms with Crippen LogP contribution < -0.4 is 4.90 Å². The summed E-state index contributed by atoms with van der Waals surface area (Å²) in [5.74, 6) is 0.596. The minimum absolute atomic E-state index is 0.0521. The quantitative estimate of drug-likeness (QED) is 0.520. The molecule has 3 aromatic rings. The Morgan fingerprint density at radius 3 is 2.55 bits per heavy atom. The van der Waals surface area contributed by atoms with Crippen LogP contribution in [0.5, 0.6) is 0 Å².